The van der Waals surface area contributed by atoms with Crippen molar-refractivity contribution in [1.29, 1.82) is 0 Å². The van der Waals surface area contributed by atoms with Gasteiger partial charge in [0.2, 0.25) is 5.91 Å². The monoisotopic (exact) mass is 244 g/mol. The molecule has 0 radical (unpaired) electrons. The van der Waals surface area contributed by atoms with E-state index in [2.05, 4.69) is 5.32 Å². The zero-order valence-corrected chi connectivity index (χ0v) is 9.83. The van der Waals surface area contributed by atoms with Crippen molar-refractivity contribution in [2.24, 2.45) is 0 Å². The van der Waals surface area contributed by atoms with E-state index in [0.717, 1.165) is 24.5 Å². The van der Waals surface area contributed by atoms with Gasteiger partial charge in [-0.25, -0.2) is 4.79 Å². The van der Waals surface area contributed by atoms with Crippen LogP contribution in [0.1, 0.15) is 12.8 Å². The molecule has 0 bridgehead atoms. The van der Waals surface area contributed by atoms with E-state index in [9.17, 15) is 9.59 Å². The van der Waals surface area contributed by atoms with Crippen LogP contribution in [-0.4, -0.2) is 58.6 Å². The summed E-state index contributed by atoms with van der Waals surface area (Å²) in [5.74, 6) is 0.847. The number of hydrogen-bond donors (Lipinski definition) is 2. The largest absolute Gasteiger partial charge is 0.480 e. The first-order chi connectivity index (χ1) is 7.70. The van der Waals surface area contributed by atoms with Gasteiger partial charge >= 0.3 is 5.97 Å². The fraction of sp³-hybridized carbons (Fsp3) is 0.800. The second-order valence-electron chi connectivity index (χ2n) is 4.11. The van der Waals surface area contributed by atoms with Gasteiger partial charge in [0.15, 0.2) is 0 Å². The minimum Gasteiger partial charge on any atom is -0.480 e. The van der Waals surface area contributed by atoms with Crippen LogP contribution in [0.15, 0.2) is 0 Å². The first kappa shape index (κ1) is 11.7. The molecular formula is C10H16N2O3S. The van der Waals surface area contributed by atoms with Gasteiger partial charge in [-0.3, -0.25) is 4.79 Å². The molecule has 16 heavy (non-hydrogen) atoms. The van der Waals surface area contributed by atoms with Crippen molar-refractivity contribution in [2.45, 2.75) is 24.9 Å². The topological polar surface area (TPSA) is 69.6 Å². The number of aliphatic carboxylic acids is 1. The van der Waals surface area contributed by atoms with Gasteiger partial charge in [0.25, 0.3) is 0 Å². The van der Waals surface area contributed by atoms with E-state index in [0.29, 0.717) is 13.0 Å². The van der Waals surface area contributed by atoms with Crippen LogP contribution in [0.25, 0.3) is 0 Å². The van der Waals surface area contributed by atoms with E-state index in [1.165, 1.54) is 4.90 Å². The van der Waals surface area contributed by atoms with Crippen LogP contribution >= 0.6 is 11.8 Å². The Bertz CT molecular complexity index is 292. The molecule has 2 rings (SSSR count). The lowest BCUT2D eigenvalue weighted by Crippen LogP contribution is -2.53. The van der Waals surface area contributed by atoms with E-state index < -0.39 is 12.0 Å². The van der Waals surface area contributed by atoms with Crippen LogP contribution in [-0.2, 0) is 9.59 Å². The Hall–Kier alpha value is -0.750. The van der Waals surface area contributed by atoms with Crippen LogP contribution in [0.4, 0.5) is 0 Å². The molecule has 5 nitrogen and oxygen atoms in total. The Labute approximate surface area is 98.6 Å². The summed E-state index contributed by atoms with van der Waals surface area (Å²) in [4.78, 5) is 24.6. The molecule has 0 saturated carbocycles. The van der Waals surface area contributed by atoms with Crippen molar-refractivity contribution in [3.63, 3.8) is 0 Å². The molecule has 90 valence electrons. The molecule has 2 fully saturated rings. The number of nitrogens with one attached hydrogen (secondary N) is 1. The standard InChI is InChI=1S/C10H16N2O3S/c13-9(7-6-16-5-3-11-7)12-4-1-2-8(12)10(14)15/h7-8,11H,1-6H2,(H,14,15). The summed E-state index contributed by atoms with van der Waals surface area (Å²) in [6, 6.07) is -0.806. The second-order valence-corrected chi connectivity index (χ2v) is 5.26. The molecule has 2 N–H and O–H groups in total. The first-order valence-electron chi connectivity index (χ1n) is 5.54. The molecule has 1 amide bonds. The summed E-state index contributed by atoms with van der Waals surface area (Å²) in [7, 11) is 0. The van der Waals surface area contributed by atoms with Crippen molar-refractivity contribution in [3.05, 3.63) is 0 Å². The molecule has 0 spiro atoms. The Morgan fingerprint density at radius 1 is 1.44 bits per heavy atom. The Morgan fingerprint density at radius 3 is 2.88 bits per heavy atom. The molecule has 0 aliphatic carbocycles. The highest BCUT2D eigenvalue weighted by Crippen LogP contribution is 2.20. The number of carbonyl (C=O) groups excluding carboxylic acids is 1. The van der Waals surface area contributed by atoms with Crippen molar-refractivity contribution < 1.29 is 14.7 Å². The average molecular weight is 244 g/mol. The Balaban J connectivity index is 1.99. The van der Waals surface area contributed by atoms with Gasteiger partial charge in [-0.05, 0) is 12.8 Å². The maximum atomic E-state index is 12.1. The number of hydrogen-bond acceptors (Lipinski definition) is 4. The highest BCUT2D eigenvalue weighted by Gasteiger charge is 2.37. The summed E-state index contributed by atoms with van der Waals surface area (Å²) < 4.78 is 0. The zero-order chi connectivity index (χ0) is 11.5. The fourth-order valence-electron chi connectivity index (χ4n) is 2.21. The van der Waals surface area contributed by atoms with Crippen molar-refractivity contribution >= 4 is 23.6 Å². The third-order valence-corrected chi connectivity index (χ3v) is 4.10. The van der Waals surface area contributed by atoms with E-state index in [-0.39, 0.29) is 11.9 Å². The number of likely N-dealkylation sites (tertiary alicyclic amines) is 1. The SMILES string of the molecule is O=C(O)C1CCCN1C(=O)C1CSCCN1. The lowest BCUT2D eigenvalue weighted by Gasteiger charge is -2.29. The highest BCUT2D eigenvalue weighted by atomic mass is 32.2. The van der Waals surface area contributed by atoms with Crippen LogP contribution < -0.4 is 5.32 Å². The summed E-state index contributed by atoms with van der Waals surface area (Å²) in [5, 5.41) is 12.2. The predicted molar refractivity (Wildman–Crippen MR) is 61.5 cm³/mol. The quantitative estimate of drug-likeness (QED) is 0.702. The van der Waals surface area contributed by atoms with Gasteiger partial charge in [-0.2, -0.15) is 11.8 Å². The summed E-state index contributed by atoms with van der Waals surface area (Å²) in [6.45, 7) is 1.41. The minimum absolute atomic E-state index is 0.0444. The number of carboxylic acids is 1. The van der Waals surface area contributed by atoms with Crippen LogP contribution in [0, 0.1) is 0 Å². The number of carbonyl (C=O) groups is 2. The molecule has 2 aliphatic heterocycles. The molecule has 2 aliphatic rings. The maximum Gasteiger partial charge on any atom is 0.326 e. The predicted octanol–water partition coefficient (Wildman–Crippen LogP) is -0.233. The molecule has 0 aromatic rings. The van der Waals surface area contributed by atoms with E-state index in [4.69, 9.17) is 5.11 Å². The highest BCUT2D eigenvalue weighted by molar-refractivity contribution is 7.99. The number of carboxylic acid groups (broad SMARTS) is 1. The summed E-state index contributed by atoms with van der Waals surface area (Å²) >= 11 is 1.74. The minimum atomic E-state index is -0.880. The number of nitrogens with zero attached hydrogens (tertiary/aromatic N) is 1. The van der Waals surface area contributed by atoms with Gasteiger partial charge in [0.05, 0.1) is 6.04 Å². The van der Waals surface area contributed by atoms with Crippen LogP contribution in [0.2, 0.25) is 0 Å². The van der Waals surface area contributed by atoms with E-state index in [1.54, 1.807) is 11.8 Å². The third-order valence-electron chi connectivity index (χ3n) is 3.04. The molecule has 2 saturated heterocycles. The lowest BCUT2D eigenvalue weighted by atomic mass is 10.2. The molecule has 6 heteroatoms. The fourth-order valence-corrected chi connectivity index (χ4v) is 3.14. The van der Waals surface area contributed by atoms with Gasteiger partial charge in [-0.1, -0.05) is 0 Å². The lowest BCUT2D eigenvalue weighted by molar-refractivity contribution is -0.148. The number of amides is 1. The van der Waals surface area contributed by atoms with E-state index >= 15 is 0 Å². The average Bonchev–Trinajstić information content (AvgIpc) is 2.78. The van der Waals surface area contributed by atoms with Crippen molar-refractivity contribution in [3.8, 4) is 0 Å². The van der Waals surface area contributed by atoms with Gasteiger partial charge in [-0.15, -0.1) is 0 Å². The molecule has 0 aromatic heterocycles. The van der Waals surface area contributed by atoms with E-state index in [1.807, 2.05) is 0 Å². The molecule has 2 heterocycles. The van der Waals surface area contributed by atoms with Gasteiger partial charge in [0, 0.05) is 24.6 Å². The molecular weight excluding hydrogens is 228 g/mol. The maximum absolute atomic E-state index is 12.1. The number of thioether (sulfide) groups is 1. The zero-order valence-electron chi connectivity index (χ0n) is 9.02. The van der Waals surface area contributed by atoms with Crippen LogP contribution in [0.5, 0.6) is 0 Å². The van der Waals surface area contributed by atoms with Crippen molar-refractivity contribution in [1.82, 2.24) is 10.2 Å². The van der Waals surface area contributed by atoms with Crippen LogP contribution in [0.3, 0.4) is 0 Å². The number of rotatable bonds is 2. The molecule has 2 unspecified atom stereocenters. The third kappa shape index (κ3) is 2.32. The smallest absolute Gasteiger partial charge is 0.326 e. The molecule has 0 aromatic carbocycles. The second kappa shape index (κ2) is 5.05. The first-order valence-corrected chi connectivity index (χ1v) is 6.70. The summed E-state index contributed by atoms with van der Waals surface area (Å²) in [6.07, 6.45) is 1.38. The molecule has 2 atom stereocenters. The Morgan fingerprint density at radius 2 is 2.25 bits per heavy atom. The van der Waals surface area contributed by atoms with Crippen molar-refractivity contribution in [2.75, 3.05) is 24.6 Å². The van der Waals surface area contributed by atoms with Gasteiger partial charge in [0.1, 0.15) is 6.04 Å². The Kier molecular flexibility index (Phi) is 3.70. The summed E-state index contributed by atoms with van der Waals surface area (Å²) in [5.41, 5.74) is 0. The van der Waals surface area contributed by atoms with Gasteiger partial charge < -0.3 is 15.3 Å². The normalized spacial score (nSPS) is 30.4.